The minimum atomic E-state index is -2.44. The predicted molar refractivity (Wildman–Crippen MR) is 159 cm³/mol. The van der Waals surface area contributed by atoms with E-state index in [9.17, 15) is 33.6 Å². The van der Waals surface area contributed by atoms with Gasteiger partial charge in [0.05, 0.1) is 13.5 Å². The van der Waals surface area contributed by atoms with Crippen molar-refractivity contribution in [1.29, 1.82) is 0 Å². The molecule has 16 heteroatoms. The molecule has 16 nitrogen and oxygen atoms in total. The Morgan fingerprint density at radius 2 is 1.34 bits per heavy atom. The molecule has 0 radical (unpaired) electrons. The van der Waals surface area contributed by atoms with Gasteiger partial charge in [0.1, 0.15) is 24.9 Å². The van der Waals surface area contributed by atoms with E-state index in [1.165, 1.54) is 0 Å². The number of amides is 2. The second-order valence-corrected chi connectivity index (χ2v) is 13.0. The lowest BCUT2D eigenvalue weighted by molar-refractivity contribution is -0.419. The van der Waals surface area contributed by atoms with Crippen LogP contribution in [0.5, 0.6) is 0 Å². The average molecular weight is 673 g/mol. The van der Waals surface area contributed by atoms with E-state index in [0.29, 0.717) is 12.8 Å². The second kappa shape index (κ2) is 15.5. The molecular formula is C31H48N2O14. The van der Waals surface area contributed by atoms with Gasteiger partial charge in [0.15, 0.2) is 12.2 Å². The van der Waals surface area contributed by atoms with Gasteiger partial charge in [-0.05, 0) is 47.0 Å². The first-order chi connectivity index (χ1) is 21.6. The third kappa shape index (κ3) is 9.70. The van der Waals surface area contributed by atoms with E-state index in [2.05, 4.69) is 0 Å². The van der Waals surface area contributed by atoms with Crippen LogP contribution in [0.15, 0.2) is 0 Å². The molecule has 2 rings (SSSR count). The smallest absolute Gasteiger partial charge is 0.368 e. The van der Waals surface area contributed by atoms with Crippen LogP contribution < -0.4 is 0 Å². The Kier molecular flexibility index (Phi) is 13.1. The van der Waals surface area contributed by atoms with Gasteiger partial charge in [0, 0.05) is 52.6 Å². The van der Waals surface area contributed by atoms with Crippen LogP contribution in [-0.4, -0.2) is 113 Å². The number of nitrogens with zero attached hydrogens (tertiary/aromatic N) is 2. The summed E-state index contributed by atoms with van der Waals surface area (Å²) in [7, 11) is 1.08. The molecule has 0 spiro atoms. The fourth-order valence-electron chi connectivity index (χ4n) is 6.38. The Bertz CT molecular complexity index is 1200. The number of rotatable bonds is 11. The highest BCUT2D eigenvalue weighted by Crippen LogP contribution is 2.45. The van der Waals surface area contributed by atoms with Crippen LogP contribution in [-0.2, 0) is 66.8 Å². The summed E-state index contributed by atoms with van der Waals surface area (Å²) in [5.41, 5.74) is -1.35. The molecule has 2 heterocycles. The van der Waals surface area contributed by atoms with Crippen molar-refractivity contribution in [3.8, 4) is 0 Å². The van der Waals surface area contributed by atoms with Crippen molar-refractivity contribution >= 4 is 41.7 Å². The van der Waals surface area contributed by atoms with Crippen LogP contribution in [0, 0.1) is 0 Å². The number of hydrogen-bond donors (Lipinski definition) is 0. The molecule has 2 aliphatic heterocycles. The lowest BCUT2D eigenvalue weighted by atomic mass is 9.82. The molecule has 0 aromatic heterocycles. The molecule has 0 aliphatic carbocycles. The van der Waals surface area contributed by atoms with Crippen molar-refractivity contribution in [1.82, 2.24) is 9.96 Å². The highest BCUT2D eigenvalue weighted by Gasteiger charge is 2.63. The number of methoxy groups -OCH3 is 1. The van der Waals surface area contributed by atoms with Crippen molar-refractivity contribution < 1.29 is 66.8 Å². The molecule has 0 bridgehead atoms. The Labute approximate surface area is 274 Å². The van der Waals surface area contributed by atoms with E-state index in [1.54, 1.807) is 5.06 Å². The third-order valence-corrected chi connectivity index (χ3v) is 7.98. The number of carbonyl (C=O) groups excluding carboxylic acids is 7. The summed E-state index contributed by atoms with van der Waals surface area (Å²) in [6, 6.07) is -1.59. The number of hydrogen-bond acceptors (Lipinski definition) is 15. The summed E-state index contributed by atoms with van der Waals surface area (Å²) in [5.74, 6) is -8.62. The SMILES string of the molecule is COC(=O)[C@@]1(ON2C(C)(C)CCCC2(C)C)C[C@H](OC(C)=O)[C@@H](N(C(C)=O)C(C)=O)[C@H]([C@H](OC(C)=O)[C@@H](COC(C)=O)OC(C)=O)O1. The maximum absolute atomic E-state index is 13.9. The standard InChI is InChI=1S/C31H48N2O14/c1-17(34)32(18(2)35)25-23(43-20(4)37)15-31(28(40)41-11,47-33-29(7,8)13-12-14-30(33,9)10)46-27(25)26(45-22(6)39)24(44-21(5)38)16-42-19(3)36/h23-27H,12-16H2,1-11H3/t23-,24+,25+,26+,27+,31-/m0/s1. The normalized spacial score (nSPS) is 26.5. The number of ether oxygens (including phenoxy) is 6. The first-order valence-corrected chi connectivity index (χ1v) is 15.3. The Morgan fingerprint density at radius 3 is 1.77 bits per heavy atom. The van der Waals surface area contributed by atoms with Crippen molar-refractivity contribution in [2.75, 3.05) is 13.7 Å². The summed E-state index contributed by atoms with van der Waals surface area (Å²) in [6.07, 6.45) is -5.16. The van der Waals surface area contributed by atoms with Crippen LogP contribution in [0.3, 0.4) is 0 Å². The molecule has 0 saturated carbocycles. The van der Waals surface area contributed by atoms with E-state index >= 15 is 0 Å². The van der Waals surface area contributed by atoms with E-state index < -0.39 is 102 Å². The zero-order chi connectivity index (χ0) is 36.1. The third-order valence-electron chi connectivity index (χ3n) is 7.98. The van der Waals surface area contributed by atoms with E-state index in [0.717, 1.165) is 60.0 Å². The first-order valence-electron chi connectivity index (χ1n) is 15.3. The van der Waals surface area contributed by atoms with Gasteiger partial charge in [-0.25, -0.2) is 4.79 Å². The molecule has 47 heavy (non-hydrogen) atoms. The maximum atomic E-state index is 13.9. The minimum absolute atomic E-state index is 0.588. The van der Waals surface area contributed by atoms with E-state index in [4.69, 9.17) is 33.3 Å². The van der Waals surface area contributed by atoms with Crippen LogP contribution in [0.1, 0.15) is 94.9 Å². The van der Waals surface area contributed by atoms with Crippen LogP contribution in [0.25, 0.3) is 0 Å². The lowest BCUT2D eigenvalue weighted by Crippen LogP contribution is -2.72. The molecular weight excluding hydrogens is 624 g/mol. The fourth-order valence-corrected chi connectivity index (χ4v) is 6.38. The zero-order valence-corrected chi connectivity index (χ0v) is 29.0. The molecule has 266 valence electrons. The zero-order valence-electron chi connectivity index (χ0n) is 29.0. The summed E-state index contributed by atoms with van der Waals surface area (Å²) in [4.78, 5) is 96.4. The van der Waals surface area contributed by atoms with Gasteiger partial charge < -0.3 is 28.4 Å². The number of esters is 5. The van der Waals surface area contributed by atoms with E-state index in [1.807, 2.05) is 27.7 Å². The molecule has 2 fully saturated rings. The quantitative estimate of drug-likeness (QED) is 0.228. The number of carbonyl (C=O) groups is 7. The van der Waals surface area contributed by atoms with Crippen molar-refractivity contribution in [3.63, 3.8) is 0 Å². The van der Waals surface area contributed by atoms with Crippen molar-refractivity contribution in [2.24, 2.45) is 0 Å². The summed E-state index contributed by atoms with van der Waals surface area (Å²) >= 11 is 0. The van der Waals surface area contributed by atoms with Crippen LogP contribution in [0.2, 0.25) is 0 Å². The summed E-state index contributed by atoms with van der Waals surface area (Å²) in [5, 5.41) is 1.60. The molecule has 0 unspecified atom stereocenters. The van der Waals surface area contributed by atoms with Gasteiger partial charge in [0.25, 0.3) is 5.79 Å². The Balaban J connectivity index is 2.99. The van der Waals surface area contributed by atoms with Crippen molar-refractivity contribution in [3.05, 3.63) is 0 Å². The largest absolute Gasteiger partial charge is 0.465 e. The second-order valence-electron chi connectivity index (χ2n) is 13.0. The van der Waals surface area contributed by atoms with Crippen molar-refractivity contribution in [2.45, 2.75) is 142 Å². The number of imide groups is 1. The number of piperidine rings is 1. The molecule has 2 amide bonds. The van der Waals surface area contributed by atoms with Crippen LogP contribution in [0.4, 0.5) is 0 Å². The monoisotopic (exact) mass is 672 g/mol. The average Bonchev–Trinajstić information content (AvgIpc) is 2.91. The molecule has 0 N–H and O–H groups in total. The van der Waals surface area contributed by atoms with Gasteiger partial charge in [-0.3, -0.25) is 38.5 Å². The minimum Gasteiger partial charge on any atom is -0.465 e. The maximum Gasteiger partial charge on any atom is 0.368 e. The summed E-state index contributed by atoms with van der Waals surface area (Å²) in [6.45, 7) is 13.3. The Hall–Kier alpha value is -3.63. The van der Waals surface area contributed by atoms with Gasteiger partial charge in [-0.15, -0.1) is 0 Å². The first kappa shape index (κ1) is 39.5. The molecule has 0 aromatic rings. The Morgan fingerprint density at radius 1 is 0.809 bits per heavy atom. The predicted octanol–water partition coefficient (Wildman–Crippen LogP) is 1.74. The highest BCUT2D eigenvalue weighted by molar-refractivity contribution is 5.93. The highest BCUT2D eigenvalue weighted by atomic mass is 16.8. The van der Waals surface area contributed by atoms with E-state index in [-0.39, 0.29) is 0 Å². The fraction of sp³-hybridized carbons (Fsp3) is 0.774. The number of hydroxylamine groups is 2. The topological polar surface area (TPSA) is 191 Å². The molecule has 6 atom stereocenters. The lowest BCUT2D eigenvalue weighted by Gasteiger charge is -2.56. The van der Waals surface area contributed by atoms with Gasteiger partial charge in [0.2, 0.25) is 11.8 Å². The summed E-state index contributed by atoms with van der Waals surface area (Å²) < 4.78 is 33.4. The molecule has 2 saturated heterocycles. The van der Waals surface area contributed by atoms with Crippen LogP contribution >= 0.6 is 0 Å². The van der Waals surface area contributed by atoms with Gasteiger partial charge in [-0.1, -0.05) is 0 Å². The molecule has 2 aliphatic rings. The molecule has 0 aromatic carbocycles. The van der Waals surface area contributed by atoms with Gasteiger partial charge >= 0.3 is 29.8 Å². The van der Waals surface area contributed by atoms with Gasteiger partial charge in [-0.2, -0.15) is 5.06 Å².